The molecule has 4 nitrogen and oxygen atoms in total. The molecule has 0 spiro atoms. The summed E-state index contributed by atoms with van der Waals surface area (Å²) >= 11 is 0. The van der Waals surface area contributed by atoms with Gasteiger partial charge in [0.05, 0.1) is 6.10 Å². The maximum Gasteiger partial charge on any atom is 0.270 e. The molecule has 1 atom stereocenters. The predicted octanol–water partition coefficient (Wildman–Crippen LogP) is 2.45. The van der Waals surface area contributed by atoms with Gasteiger partial charge in [0.15, 0.2) is 0 Å². The summed E-state index contributed by atoms with van der Waals surface area (Å²) in [6.07, 6.45) is 8.71. The van der Waals surface area contributed by atoms with Crippen LogP contribution in [-0.4, -0.2) is 40.2 Å². The molecule has 0 aromatic carbocycles. The lowest BCUT2D eigenvalue weighted by Gasteiger charge is -2.23. The van der Waals surface area contributed by atoms with Crippen LogP contribution in [0.25, 0.3) is 0 Å². The lowest BCUT2D eigenvalue weighted by molar-refractivity contribution is 0.0634. The fourth-order valence-corrected chi connectivity index (χ4v) is 3.26. The summed E-state index contributed by atoms with van der Waals surface area (Å²) in [4.78, 5) is 14.2. The van der Waals surface area contributed by atoms with Gasteiger partial charge in [0.25, 0.3) is 5.91 Å². The van der Waals surface area contributed by atoms with Crippen molar-refractivity contribution in [2.75, 3.05) is 13.6 Å². The van der Waals surface area contributed by atoms with Crippen molar-refractivity contribution in [2.45, 2.75) is 50.7 Å². The van der Waals surface area contributed by atoms with Crippen LogP contribution in [0.3, 0.4) is 0 Å². The summed E-state index contributed by atoms with van der Waals surface area (Å²) in [7, 11) is 1.79. The maximum atomic E-state index is 12.6. The molecule has 1 aromatic rings. The van der Waals surface area contributed by atoms with E-state index in [1.54, 1.807) is 11.9 Å². The van der Waals surface area contributed by atoms with E-state index < -0.39 is 0 Å². The number of aliphatic hydroxyl groups is 1. The Hall–Kier alpha value is -1.29. The van der Waals surface area contributed by atoms with Crippen molar-refractivity contribution < 1.29 is 9.90 Å². The van der Waals surface area contributed by atoms with Crippen molar-refractivity contribution >= 4 is 5.91 Å². The molecule has 0 saturated heterocycles. The number of likely N-dealkylation sites (N-methyl/N-ethyl adjacent to an activating group) is 1. The molecule has 1 amide bonds. The zero-order valence-corrected chi connectivity index (χ0v) is 12.2. The van der Waals surface area contributed by atoms with Gasteiger partial charge in [-0.1, -0.05) is 12.8 Å². The first kappa shape index (κ1) is 13.7. The van der Waals surface area contributed by atoms with E-state index in [4.69, 9.17) is 0 Å². The molecule has 2 aliphatic carbocycles. The molecule has 110 valence electrons. The van der Waals surface area contributed by atoms with E-state index in [-0.39, 0.29) is 12.0 Å². The Morgan fingerprint density at radius 1 is 1.40 bits per heavy atom. The highest BCUT2D eigenvalue weighted by Gasteiger charge is 2.32. The molecule has 0 radical (unpaired) electrons. The molecule has 4 heteroatoms. The Kier molecular flexibility index (Phi) is 3.83. The molecule has 2 aliphatic rings. The fraction of sp³-hybridized carbons (Fsp3) is 0.688. The van der Waals surface area contributed by atoms with Gasteiger partial charge in [0, 0.05) is 25.8 Å². The van der Waals surface area contributed by atoms with E-state index in [0.717, 1.165) is 18.5 Å². The van der Waals surface area contributed by atoms with E-state index >= 15 is 0 Å². The molecule has 20 heavy (non-hydrogen) atoms. The number of nitrogens with zero attached hydrogens (tertiary/aromatic N) is 2. The minimum Gasteiger partial charge on any atom is -0.391 e. The number of amides is 1. The number of hydrogen-bond acceptors (Lipinski definition) is 2. The number of carbonyl (C=O) groups excluding carboxylic acids is 1. The largest absolute Gasteiger partial charge is 0.391 e. The van der Waals surface area contributed by atoms with E-state index in [2.05, 4.69) is 4.57 Å². The molecule has 2 fully saturated rings. The van der Waals surface area contributed by atoms with Gasteiger partial charge in [-0.2, -0.15) is 0 Å². The first-order valence-corrected chi connectivity index (χ1v) is 7.77. The van der Waals surface area contributed by atoms with Crippen molar-refractivity contribution in [1.82, 2.24) is 9.47 Å². The first-order chi connectivity index (χ1) is 9.66. The van der Waals surface area contributed by atoms with Gasteiger partial charge in [-0.05, 0) is 43.7 Å². The molecule has 3 rings (SSSR count). The number of rotatable bonds is 5. The first-order valence-electron chi connectivity index (χ1n) is 7.77. The average molecular weight is 276 g/mol. The van der Waals surface area contributed by atoms with Crippen molar-refractivity contribution in [3.8, 4) is 0 Å². The topological polar surface area (TPSA) is 45.5 Å². The van der Waals surface area contributed by atoms with Crippen molar-refractivity contribution in [2.24, 2.45) is 5.92 Å². The highest BCUT2D eigenvalue weighted by molar-refractivity contribution is 5.92. The normalized spacial score (nSPS) is 21.1. The summed E-state index contributed by atoms with van der Waals surface area (Å²) in [5.41, 5.74) is 0.766. The van der Waals surface area contributed by atoms with Crippen molar-refractivity contribution in [3.05, 3.63) is 24.0 Å². The Bertz CT molecular complexity index is 473. The summed E-state index contributed by atoms with van der Waals surface area (Å²) in [6, 6.07) is 4.34. The zero-order chi connectivity index (χ0) is 14.1. The van der Waals surface area contributed by atoms with E-state index in [1.807, 2.05) is 18.3 Å². The lowest BCUT2D eigenvalue weighted by atomic mass is 10.2. The second-order valence-electron chi connectivity index (χ2n) is 6.33. The summed E-state index contributed by atoms with van der Waals surface area (Å²) in [5, 5.41) is 9.99. The van der Waals surface area contributed by atoms with E-state index in [1.165, 1.54) is 25.7 Å². The van der Waals surface area contributed by atoms with E-state index in [0.29, 0.717) is 18.5 Å². The van der Waals surface area contributed by atoms with Gasteiger partial charge in [-0.15, -0.1) is 0 Å². The third-order valence-electron chi connectivity index (χ3n) is 4.69. The van der Waals surface area contributed by atoms with Crippen molar-refractivity contribution in [1.29, 1.82) is 0 Å². The zero-order valence-electron chi connectivity index (χ0n) is 12.2. The van der Waals surface area contributed by atoms with Gasteiger partial charge in [-0.3, -0.25) is 4.79 Å². The van der Waals surface area contributed by atoms with Gasteiger partial charge >= 0.3 is 0 Å². The quantitative estimate of drug-likeness (QED) is 0.898. The molecule has 0 aliphatic heterocycles. The standard InChI is InChI=1S/C16H24N2O2/c1-17(11-15(19)12-8-9-12)16(20)14-7-4-10-18(14)13-5-2-3-6-13/h4,7,10,12-13,15,19H,2-3,5-6,8-9,11H2,1H3. The van der Waals surface area contributed by atoms with Crippen molar-refractivity contribution in [3.63, 3.8) is 0 Å². The number of aromatic nitrogens is 1. The highest BCUT2D eigenvalue weighted by Crippen LogP contribution is 2.33. The Balaban J connectivity index is 1.68. The SMILES string of the molecule is CN(CC(O)C1CC1)C(=O)c1cccn1C1CCCC1. The van der Waals surface area contributed by atoms with Gasteiger partial charge in [0.1, 0.15) is 5.69 Å². The Morgan fingerprint density at radius 3 is 2.75 bits per heavy atom. The Labute approximate surface area is 120 Å². The van der Waals surface area contributed by atoms with Gasteiger partial charge in [-0.25, -0.2) is 0 Å². The number of hydrogen-bond donors (Lipinski definition) is 1. The molecule has 1 aromatic heterocycles. The van der Waals surface area contributed by atoms with Crippen LogP contribution in [0.15, 0.2) is 18.3 Å². The predicted molar refractivity (Wildman–Crippen MR) is 77.6 cm³/mol. The minimum absolute atomic E-state index is 0.0293. The average Bonchev–Trinajstić information content (AvgIpc) is 2.96. The summed E-state index contributed by atoms with van der Waals surface area (Å²) in [5.74, 6) is 0.438. The van der Waals surface area contributed by atoms with Crippen LogP contribution in [-0.2, 0) is 0 Å². The third-order valence-corrected chi connectivity index (χ3v) is 4.69. The second kappa shape index (κ2) is 5.60. The molecular weight excluding hydrogens is 252 g/mol. The molecular formula is C16H24N2O2. The fourth-order valence-electron chi connectivity index (χ4n) is 3.26. The molecule has 1 heterocycles. The molecule has 0 bridgehead atoms. The van der Waals surface area contributed by atoms with Crippen LogP contribution < -0.4 is 0 Å². The summed E-state index contributed by atoms with van der Waals surface area (Å²) < 4.78 is 2.13. The number of aliphatic hydroxyl groups excluding tert-OH is 1. The second-order valence-corrected chi connectivity index (χ2v) is 6.33. The van der Waals surface area contributed by atoms with Crippen LogP contribution in [0, 0.1) is 5.92 Å². The Morgan fingerprint density at radius 2 is 2.10 bits per heavy atom. The summed E-state index contributed by atoms with van der Waals surface area (Å²) in [6.45, 7) is 0.444. The number of carbonyl (C=O) groups is 1. The molecule has 1 N–H and O–H groups in total. The molecule has 2 saturated carbocycles. The van der Waals surface area contributed by atoms with Crippen LogP contribution >= 0.6 is 0 Å². The smallest absolute Gasteiger partial charge is 0.270 e. The minimum atomic E-state index is -0.362. The van der Waals surface area contributed by atoms with Gasteiger partial charge in [0.2, 0.25) is 0 Å². The third kappa shape index (κ3) is 2.75. The van der Waals surface area contributed by atoms with Crippen LogP contribution in [0.1, 0.15) is 55.1 Å². The van der Waals surface area contributed by atoms with Gasteiger partial charge < -0.3 is 14.6 Å². The van der Waals surface area contributed by atoms with Crippen LogP contribution in [0.4, 0.5) is 0 Å². The van der Waals surface area contributed by atoms with Crippen LogP contribution in [0.5, 0.6) is 0 Å². The monoisotopic (exact) mass is 276 g/mol. The van der Waals surface area contributed by atoms with E-state index in [9.17, 15) is 9.90 Å². The maximum absolute atomic E-state index is 12.6. The lowest BCUT2D eigenvalue weighted by Crippen LogP contribution is -2.36. The highest BCUT2D eigenvalue weighted by atomic mass is 16.3. The molecule has 1 unspecified atom stereocenters. The van der Waals surface area contributed by atoms with Crippen LogP contribution in [0.2, 0.25) is 0 Å².